The van der Waals surface area contributed by atoms with Crippen molar-refractivity contribution in [3.8, 4) is 0 Å². The van der Waals surface area contributed by atoms with Gasteiger partial charge in [0.15, 0.2) is 9.19 Å². The highest BCUT2D eigenvalue weighted by Crippen LogP contribution is 2.24. The van der Waals surface area contributed by atoms with Crippen LogP contribution in [0.1, 0.15) is 6.42 Å². The number of hydrogen-bond donors (Lipinski definition) is 4. The van der Waals surface area contributed by atoms with Gasteiger partial charge in [0.05, 0.1) is 6.42 Å². The van der Waals surface area contributed by atoms with Crippen LogP contribution in [-0.2, 0) is 9.59 Å². The molecule has 0 saturated carbocycles. The van der Waals surface area contributed by atoms with Crippen molar-refractivity contribution >= 4 is 49.0 Å². The van der Waals surface area contributed by atoms with E-state index < -0.39 is 15.2 Å². The van der Waals surface area contributed by atoms with Gasteiger partial charge in [-0.3, -0.25) is 4.79 Å². The minimum Gasteiger partial charge on any atom is -0.480 e. The molecule has 3 nitrogen and oxygen atoms in total. The molecule has 0 unspecified atom stereocenters. The smallest absolute Gasteiger partial charge is 0.330 e. The number of carbonyl (C=O) groups excluding carboxylic acids is 1. The summed E-state index contributed by atoms with van der Waals surface area (Å²) in [4.78, 5) is 20.5. The minimum atomic E-state index is -1.60. The predicted octanol–water partition coefficient (Wildman–Crippen LogP) is 0.473. The maximum Gasteiger partial charge on any atom is 0.330 e. The lowest BCUT2D eigenvalue weighted by atomic mass is 10.3. The highest BCUT2D eigenvalue weighted by Gasteiger charge is 2.31. The normalized spacial score (nSPS) is 11.1. The molecule has 0 radical (unpaired) electrons. The Bertz CT molecular complexity index is 165. The van der Waals surface area contributed by atoms with E-state index in [4.69, 9.17) is 5.11 Å². The van der Waals surface area contributed by atoms with Gasteiger partial charge in [0.25, 0.3) is 0 Å². The molecule has 0 aliphatic carbocycles. The Morgan fingerprint density at radius 1 is 1.40 bits per heavy atom. The molecule has 0 aromatic carbocycles. The van der Waals surface area contributed by atoms with Crippen molar-refractivity contribution in [3.63, 3.8) is 0 Å². The molecule has 0 aromatic rings. The van der Waals surface area contributed by atoms with Gasteiger partial charge in [0.2, 0.25) is 0 Å². The molecule has 10 heavy (non-hydrogen) atoms. The zero-order chi connectivity index (χ0) is 8.36. The number of aliphatic carboxylic acids is 1. The third-order valence-electron chi connectivity index (χ3n) is 0.740. The summed E-state index contributed by atoms with van der Waals surface area (Å²) in [7, 11) is 0. The summed E-state index contributed by atoms with van der Waals surface area (Å²) in [6.45, 7) is 0. The van der Waals surface area contributed by atoms with E-state index in [-0.39, 0.29) is 6.42 Å². The number of rotatable bonds is 3. The van der Waals surface area contributed by atoms with Crippen molar-refractivity contribution in [3.05, 3.63) is 0 Å². The van der Waals surface area contributed by atoms with Crippen molar-refractivity contribution in [2.45, 2.75) is 10.5 Å². The molecule has 0 spiro atoms. The van der Waals surface area contributed by atoms with Crippen molar-refractivity contribution in [1.29, 1.82) is 0 Å². The van der Waals surface area contributed by atoms with E-state index in [1.54, 1.807) is 0 Å². The Labute approximate surface area is 74.4 Å². The van der Waals surface area contributed by atoms with Gasteiger partial charge in [0, 0.05) is 0 Å². The van der Waals surface area contributed by atoms with E-state index in [1.165, 1.54) is 0 Å². The maximum absolute atomic E-state index is 10.3. The molecule has 0 bridgehead atoms. The lowest BCUT2D eigenvalue weighted by Gasteiger charge is -2.13. The SMILES string of the molecule is O=C(S)CC(S)(S)C(=O)O. The van der Waals surface area contributed by atoms with E-state index >= 15 is 0 Å². The fraction of sp³-hybridized carbons (Fsp3) is 0.500. The first kappa shape index (κ1) is 10.2. The lowest BCUT2D eigenvalue weighted by molar-refractivity contribution is -0.138. The van der Waals surface area contributed by atoms with Crippen LogP contribution in [0.25, 0.3) is 0 Å². The van der Waals surface area contributed by atoms with E-state index in [0.717, 1.165) is 0 Å². The number of thiol groups is 3. The Hall–Kier alpha value is 0.190. The molecule has 0 aromatic heterocycles. The van der Waals surface area contributed by atoms with Gasteiger partial charge < -0.3 is 5.11 Å². The molecule has 0 aliphatic rings. The summed E-state index contributed by atoms with van der Waals surface area (Å²) in [6, 6.07) is 0. The zero-order valence-electron chi connectivity index (χ0n) is 4.81. The van der Waals surface area contributed by atoms with Crippen LogP contribution in [0.3, 0.4) is 0 Å². The summed E-state index contributed by atoms with van der Waals surface area (Å²) in [5.74, 6) is -1.25. The van der Waals surface area contributed by atoms with E-state index in [2.05, 4.69) is 37.9 Å². The average Bonchev–Trinajstić information content (AvgIpc) is 1.60. The van der Waals surface area contributed by atoms with Crippen LogP contribution < -0.4 is 0 Å². The van der Waals surface area contributed by atoms with Crippen LogP contribution >= 0.6 is 37.9 Å². The molecule has 6 heteroatoms. The molecular weight excluding hydrogens is 192 g/mol. The van der Waals surface area contributed by atoms with Gasteiger partial charge in [-0.1, -0.05) is 0 Å². The van der Waals surface area contributed by atoms with Gasteiger partial charge >= 0.3 is 5.97 Å². The zero-order valence-corrected chi connectivity index (χ0v) is 7.50. The topological polar surface area (TPSA) is 54.4 Å². The summed E-state index contributed by atoms with van der Waals surface area (Å²) < 4.78 is -1.60. The van der Waals surface area contributed by atoms with Gasteiger partial charge in [-0.25, -0.2) is 4.79 Å². The first-order valence-corrected chi connectivity index (χ1v) is 3.60. The van der Waals surface area contributed by atoms with Crippen LogP contribution in [0.15, 0.2) is 0 Å². The second kappa shape index (κ2) is 3.54. The van der Waals surface area contributed by atoms with Crippen molar-refractivity contribution in [2.75, 3.05) is 0 Å². The van der Waals surface area contributed by atoms with Crippen LogP contribution in [0.4, 0.5) is 0 Å². The quantitative estimate of drug-likeness (QED) is 0.394. The summed E-state index contributed by atoms with van der Waals surface area (Å²) in [5, 5.41) is 7.80. The molecule has 0 heterocycles. The largest absolute Gasteiger partial charge is 0.480 e. The molecule has 0 fully saturated rings. The first-order valence-electron chi connectivity index (χ1n) is 2.26. The van der Waals surface area contributed by atoms with Crippen LogP contribution in [-0.4, -0.2) is 20.3 Å². The molecule has 0 rings (SSSR count). The van der Waals surface area contributed by atoms with Crippen LogP contribution in [0, 0.1) is 0 Å². The van der Waals surface area contributed by atoms with Crippen molar-refractivity contribution in [1.82, 2.24) is 0 Å². The average molecular weight is 198 g/mol. The van der Waals surface area contributed by atoms with Crippen LogP contribution in [0.5, 0.6) is 0 Å². The van der Waals surface area contributed by atoms with Gasteiger partial charge in [0.1, 0.15) is 0 Å². The first-order chi connectivity index (χ1) is 4.36. The third-order valence-corrected chi connectivity index (χ3v) is 1.60. The second-order valence-electron chi connectivity index (χ2n) is 1.69. The molecule has 0 amide bonds. The Morgan fingerprint density at radius 3 is 1.90 bits per heavy atom. The fourth-order valence-corrected chi connectivity index (χ4v) is 1.06. The van der Waals surface area contributed by atoms with Crippen LogP contribution in [0.2, 0.25) is 0 Å². The standard InChI is InChI=1S/C4H6O3S3/c5-2(8)1-4(9,10)3(6)7/h9-10H,1H2,(H,5,8)(H,6,7). The summed E-state index contributed by atoms with van der Waals surface area (Å²) in [5.41, 5.74) is 0. The predicted molar refractivity (Wildman–Crippen MR) is 46.9 cm³/mol. The maximum atomic E-state index is 10.3. The fourth-order valence-electron chi connectivity index (χ4n) is 0.286. The van der Waals surface area contributed by atoms with E-state index in [1.807, 2.05) is 0 Å². The molecular formula is C4H6O3S3. The summed E-state index contributed by atoms with van der Waals surface area (Å²) in [6.07, 6.45) is -0.308. The van der Waals surface area contributed by atoms with E-state index in [9.17, 15) is 9.59 Å². The second-order valence-corrected chi connectivity index (χ2v) is 4.07. The highest BCUT2D eigenvalue weighted by atomic mass is 32.2. The van der Waals surface area contributed by atoms with Gasteiger partial charge in [-0.05, 0) is 0 Å². The number of carboxylic acid groups (broad SMARTS) is 1. The van der Waals surface area contributed by atoms with E-state index in [0.29, 0.717) is 0 Å². The third kappa shape index (κ3) is 3.38. The molecule has 1 N–H and O–H groups in total. The molecule has 0 atom stereocenters. The van der Waals surface area contributed by atoms with Crippen molar-refractivity contribution < 1.29 is 14.7 Å². The monoisotopic (exact) mass is 198 g/mol. The molecule has 0 saturated heterocycles. The Morgan fingerprint density at radius 2 is 1.80 bits per heavy atom. The summed E-state index contributed by atoms with van der Waals surface area (Å²) >= 11 is 10.6. The Kier molecular flexibility index (Phi) is 3.61. The minimum absolute atomic E-state index is 0.308. The number of hydrogen-bond acceptors (Lipinski definition) is 4. The molecule has 0 aliphatic heterocycles. The Balaban J connectivity index is 4.13. The highest BCUT2D eigenvalue weighted by molar-refractivity contribution is 8.02. The lowest BCUT2D eigenvalue weighted by Crippen LogP contribution is -2.27. The number of carbonyl (C=O) groups is 2. The van der Waals surface area contributed by atoms with Crippen molar-refractivity contribution in [2.24, 2.45) is 0 Å². The van der Waals surface area contributed by atoms with Gasteiger partial charge in [-0.2, -0.15) is 0 Å². The van der Waals surface area contributed by atoms with Gasteiger partial charge in [-0.15, -0.1) is 37.9 Å². The number of carboxylic acids is 1. The molecule has 58 valence electrons.